The molecule has 2 aromatic carbocycles. The molecule has 1 aromatic heterocycles. The van der Waals surface area contributed by atoms with E-state index in [1.807, 2.05) is 13.0 Å². The van der Waals surface area contributed by atoms with E-state index in [-0.39, 0.29) is 23.5 Å². The number of urea groups is 1. The molecule has 8 nitrogen and oxygen atoms in total. The van der Waals surface area contributed by atoms with Crippen LogP contribution in [0, 0.1) is 13.8 Å². The Morgan fingerprint density at radius 1 is 1.11 bits per heavy atom. The van der Waals surface area contributed by atoms with Crippen LogP contribution < -0.4 is 20.1 Å². The van der Waals surface area contributed by atoms with Crippen LogP contribution in [-0.4, -0.2) is 48.9 Å². The van der Waals surface area contributed by atoms with E-state index >= 15 is 0 Å². The van der Waals surface area contributed by atoms with Crippen LogP contribution in [-0.2, 0) is 12.0 Å². The molecule has 3 aromatic rings. The van der Waals surface area contributed by atoms with Crippen LogP contribution in [0.15, 0.2) is 53.1 Å². The first-order chi connectivity index (χ1) is 17.9. The molecule has 2 aliphatic rings. The van der Waals surface area contributed by atoms with Crippen LogP contribution in [0.3, 0.4) is 0 Å². The predicted molar refractivity (Wildman–Crippen MR) is 142 cm³/mol. The summed E-state index contributed by atoms with van der Waals surface area (Å²) in [4.78, 5) is 15.5. The molecule has 2 N–H and O–H groups in total. The molecule has 1 saturated heterocycles. The maximum absolute atomic E-state index is 12.9. The SMILES string of the molecule is COc1ccc([C@@]23CC[C@H](NC(=O)Nc4c(C)noc4C)C[C@H]2N(Cc2ccccc2)CC3)cc1OC. The van der Waals surface area contributed by atoms with Crippen molar-refractivity contribution in [3.8, 4) is 11.5 Å². The van der Waals surface area contributed by atoms with Crippen LogP contribution in [0.4, 0.5) is 10.5 Å². The zero-order valence-corrected chi connectivity index (χ0v) is 22.0. The topological polar surface area (TPSA) is 88.9 Å². The second-order valence-electron chi connectivity index (χ2n) is 10.2. The lowest BCUT2D eigenvalue weighted by atomic mass is 9.65. The average molecular weight is 505 g/mol. The Balaban J connectivity index is 1.39. The first-order valence-electron chi connectivity index (χ1n) is 12.9. The van der Waals surface area contributed by atoms with Gasteiger partial charge in [-0.3, -0.25) is 4.90 Å². The first-order valence-corrected chi connectivity index (χ1v) is 12.9. The van der Waals surface area contributed by atoms with Gasteiger partial charge in [-0.25, -0.2) is 4.79 Å². The molecule has 0 spiro atoms. The van der Waals surface area contributed by atoms with Gasteiger partial charge in [0.05, 0.1) is 14.2 Å². The molecule has 5 rings (SSSR count). The highest BCUT2D eigenvalue weighted by Gasteiger charge is 2.51. The van der Waals surface area contributed by atoms with Gasteiger partial charge in [0.15, 0.2) is 17.3 Å². The van der Waals surface area contributed by atoms with Gasteiger partial charge in [0, 0.05) is 24.0 Å². The van der Waals surface area contributed by atoms with E-state index in [2.05, 4.69) is 63.2 Å². The predicted octanol–water partition coefficient (Wildman–Crippen LogP) is 5.20. The summed E-state index contributed by atoms with van der Waals surface area (Å²) in [5, 5.41) is 10.1. The summed E-state index contributed by atoms with van der Waals surface area (Å²) < 4.78 is 16.4. The Labute approximate surface area is 218 Å². The van der Waals surface area contributed by atoms with Crippen molar-refractivity contribution >= 4 is 11.7 Å². The number of ether oxygens (including phenoxy) is 2. The minimum atomic E-state index is -0.217. The summed E-state index contributed by atoms with van der Waals surface area (Å²) >= 11 is 0. The van der Waals surface area contributed by atoms with E-state index in [0.29, 0.717) is 17.1 Å². The highest BCUT2D eigenvalue weighted by atomic mass is 16.5. The number of carbonyl (C=O) groups is 1. The lowest BCUT2D eigenvalue weighted by Gasteiger charge is -2.45. The highest BCUT2D eigenvalue weighted by Crippen LogP contribution is 2.50. The molecule has 37 heavy (non-hydrogen) atoms. The summed E-state index contributed by atoms with van der Waals surface area (Å²) in [6.07, 6.45) is 3.82. The van der Waals surface area contributed by atoms with Crippen molar-refractivity contribution in [3.63, 3.8) is 0 Å². The summed E-state index contributed by atoms with van der Waals surface area (Å²) in [5.41, 5.74) is 3.89. The van der Waals surface area contributed by atoms with Crippen molar-refractivity contribution in [3.05, 3.63) is 71.1 Å². The molecule has 196 valence electrons. The van der Waals surface area contributed by atoms with Crippen molar-refractivity contribution < 1.29 is 18.8 Å². The number of aromatic nitrogens is 1. The first kappa shape index (κ1) is 25.1. The second kappa shape index (κ2) is 10.5. The number of likely N-dealkylation sites (tertiary alicyclic amines) is 1. The number of nitrogens with zero attached hydrogens (tertiary/aromatic N) is 2. The average Bonchev–Trinajstić information content (AvgIpc) is 3.44. The molecular weight excluding hydrogens is 468 g/mol. The van der Waals surface area contributed by atoms with Crippen LogP contribution >= 0.6 is 0 Å². The summed E-state index contributed by atoms with van der Waals surface area (Å²) in [5.74, 6) is 2.10. The van der Waals surface area contributed by atoms with Gasteiger partial charge in [-0.1, -0.05) is 41.6 Å². The lowest BCUT2D eigenvalue weighted by Crippen LogP contribution is -2.52. The Kier molecular flexibility index (Phi) is 7.11. The number of hydrogen-bond donors (Lipinski definition) is 2. The molecule has 3 atom stereocenters. The zero-order valence-electron chi connectivity index (χ0n) is 22.0. The molecule has 2 amide bonds. The molecule has 0 radical (unpaired) electrons. The van der Waals surface area contributed by atoms with Crippen LogP contribution in [0.2, 0.25) is 0 Å². The lowest BCUT2D eigenvalue weighted by molar-refractivity contribution is 0.131. The number of anilines is 1. The van der Waals surface area contributed by atoms with Crippen LogP contribution in [0.1, 0.15) is 48.3 Å². The molecule has 2 fully saturated rings. The molecule has 0 bridgehead atoms. The molecule has 0 unspecified atom stereocenters. The third kappa shape index (κ3) is 4.90. The van der Waals surface area contributed by atoms with Gasteiger partial charge in [-0.15, -0.1) is 0 Å². The maximum atomic E-state index is 12.9. The van der Waals surface area contributed by atoms with Crippen molar-refractivity contribution in [2.75, 3.05) is 26.1 Å². The standard InChI is InChI=1S/C29H36N4O4/c1-19-27(20(2)37-32-19)31-28(34)30-23-12-13-29(22-10-11-24(35-3)25(16-22)36-4)14-15-33(26(29)17-23)18-21-8-6-5-7-9-21/h5-11,16,23,26H,12-15,17-18H2,1-4H3,(H2,30,31,34)/t23-,26+,29-/m0/s1. The number of hydrogen-bond acceptors (Lipinski definition) is 6. The van der Waals surface area contributed by atoms with Gasteiger partial charge in [0.1, 0.15) is 11.4 Å². The largest absolute Gasteiger partial charge is 0.493 e. The number of benzene rings is 2. The van der Waals surface area contributed by atoms with Gasteiger partial charge < -0.3 is 24.6 Å². The fourth-order valence-corrected chi connectivity index (χ4v) is 6.26. The van der Waals surface area contributed by atoms with Gasteiger partial charge >= 0.3 is 6.03 Å². The molecule has 1 saturated carbocycles. The highest BCUT2D eigenvalue weighted by molar-refractivity contribution is 5.90. The van der Waals surface area contributed by atoms with E-state index in [1.165, 1.54) is 11.1 Å². The van der Waals surface area contributed by atoms with Crippen molar-refractivity contribution in [2.24, 2.45) is 0 Å². The third-order valence-corrected chi connectivity index (χ3v) is 8.16. The Bertz CT molecular complexity index is 1220. The normalized spacial score (nSPS) is 23.4. The maximum Gasteiger partial charge on any atom is 0.319 e. The number of methoxy groups -OCH3 is 2. The van der Waals surface area contributed by atoms with E-state index < -0.39 is 0 Å². The second-order valence-corrected chi connectivity index (χ2v) is 10.2. The zero-order chi connectivity index (χ0) is 26.0. The Morgan fingerprint density at radius 2 is 1.89 bits per heavy atom. The summed E-state index contributed by atoms with van der Waals surface area (Å²) in [7, 11) is 3.35. The molecule has 1 aliphatic carbocycles. The molecular formula is C29H36N4O4. The Morgan fingerprint density at radius 3 is 2.59 bits per heavy atom. The minimum Gasteiger partial charge on any atom is -0.493 e. The molecule has 2 heterocycles. The summed E-state index contributed by atoms with van der Waals surface area (Å²) in [6, 6.07) is 17.1. The fourth-order valence-electron chi connectivity index (χ4n) is 6.26. The van der Waals surface area contributed by atoms with Crippen molar-refractivity contribution in [1.82, 2.24) is 15.4 Å². The monoisotopic (exact) mass is 504 g/mol. The van der Waals surface area contributed by atoms with E-state index in [4.69, 9.17) is 14.0 Å². The van der Waals surface area contributed by atoms with Crippen LogP contribution in [0.25, 0.3) is 0 Å². The number of amides is 2. The quantitative estimate of drug-likeness (QED) is 0.460. The van der Waals surface area contributed by atoms with Gasteiger partial charge in [0.2, 0.25) is 0 Å². The van der Waals surface area contributed by atoms with E-state index in [0.717, 1.165) is 50.3 Å². The van der Waals surface area contributed by atoms with Gasteiger partial charge in [-0.05, 0) is 69.3 Å². The van der Waals surface area contributed by atoms with Crippen molar-refractivity contribution in [1.29, 1.82) is 0 Å². The number of nitrogens with one attached hydrogen (secondary N) is 2. The van der Waals surface area contributed by atoms with E-state index in [1.54, 1.807) is 21.1 Å². The number of fused-ring (bicyclic) bond motifs is 1. The number of carbonyl (C=O) groups excluding carboxylic acids is 1. The Hall–Kier alpha value is -3.52. The molecule has 8 heteroatoms. The smallest absolute Gasteiger partial charge is 0.319 e. The molecule has 1 aliphatic heterocycles. The van der Waals surface area contributed by atoms with Crippen molar-refractivity contribution in [2.45, 2.75) is 63.6 Å². The van der Waals surface area contributed by atoms with Gasteiger partial charge in [0.25, 0.3) is 0 Å². The third-order valence-electron chi connectivity index (χ3n) is 8.16. The van der Waals surface area contributed by atoms with Crippen LogP contribution in [0.5, 0.6) is 11.5 Å². The van der Waals surface area contributed by atoms with Gasteiger partial charge in [-0.2, -0.15) is 0 Å². The fraction of sp³-hybridized carbons (Fsp3) is 0.448. The number of rotatable bonds is 7. The van der Waals surface area contributed by atoms with E-state index in [9.17, 15) is 4.79 Å². The minimum absolute atomic E-state index is 0.00928. The summed E-state index contributed by atoms with van der Waals surface area (Å²) in [6.45, 7) is 5.52. The number of aryl methyl sites for hydroxylation is 2.